The Morgan fingerprint density at radius 2 is 2.00 bits per heavy atom. The van der Waals surface area contributed by atoms with E-state index in [2.05, 4.69) is 41.2 Å². The summed E-state index contributed by atoms with van der Waals surface area (Å²) in [5, 5.41) is 5.85. The summed E-state index contributed by atoms with van der Waals surface area (Å²) in [6.07, 6.45) is 2.06. The van der Waals surface area contributed by atoms with Gasteiger partial charge in [0.15, 0.2) is 0 Å². The summed E-state index contributed by atoms with van der Waals surface area (Å²) in [7, 11) is 0. The van der Waals surface area contributed by atoms with Crippen LogP contribution in [0.3, 0.4) is 0 Å². The second-order valence-electron chi connectivity index (χ2n) is 3.41. The van der Waals surface area contributed by atoms with Crippen molar-refractivity contribution in [3.8, 4) is 0 Å². The summed E-state index contributed by atoms with van der Waals surface area (Å²) in [6.45, 7) is 3.70. The zero-order valence-electron chi connectivity index (χ0n) is 9.75. The van der Waals surface area contributed by atoms with E-state index in [0.717, 1.165) is 6.54 Å². The lowest BCUT2D eigenvalue weighted by Crippen LogP contribution is -2.33. The number of carbonyl (C=O) groups excluding carboxylic acids is 1. The number of likely N-dealkylation sites (N-methyl/N-ethyl adjacent to an activating group) is 1. The molecule has 0 atom stereocenters. The Morgan fingerprint density at radius 3 is 2.56 bits per heavy atom. The fraction of sp³-hybridized carbons (Fsp3) is 0.417. The van der Waals surface area contributed by atoms with E-state index < -0.39 is 0 Å². The molecule has 0 unspecified atom stereocenters. The lowest BCUT2D eigenvalue weighted by Gasteiger charge is -2.05. The molecular weight excluding hydrogens is 220 g/mol. The molecule has 3 nitrogen and oxygen atoms in total. The lowest BCUT2D eigenvalue weighted by molar-refractivity contribution is -0.120. The summed E-state index contributed by atoms with van der Waals surface area (Å²) in [4.78, 5) is 12.4. The highest BCUT2D eigenvalue weighted by Gasteiger charge is 1.98. The predicted molar refractivity (Wildman–Crippen MR) is 68.6 cm³/mol. The normalized spacial score (nSPS) is 10.1. The van der Waals surface area contributed by atoms with Crippen molar-refractivity contribution >= 4 is 17.7 Å². The van der Waals surface area contributed by atoms with Crippen LogP contribution in [0.25, 0.3) is 0 Å². The molecule has 2 N–H and O–H groups in total. The molecule has 16 heavy (non-hydrogen) atoms. The number of nitrogens with one attached hydrogen (secondary N) is 2. The van der Waals surface area contributed by atoms with Gasteiger partial charge in [0, 0.05) is 18.0 Å². The van der Waals surface area contributed by atoms with Crippen molar-refractivity contribution in [2.24, 2.45) is 0 Å². The molecule has 1 amide bonds. The van der Waals surface area contributed by atoms with Gasteiger partial charge >= 0.3 is 0 Å². The Bertz CT molecular complexity index is 324. The Balaban J connectivity index is 2.29. The molecule has 1 rings (SSSR count). The van der Waals surface area contributed by atoms with E-state index in [9.17, 15) is 4.79 Å². The van der Waals surface area contributed by atoms with Crippen LogP contribution < -0.4 is 10.6 Å². The van der Waals surface area contributed by atoms with Crippen LogP contribution in [0.15, 0.2) is 29.2 Å². The van der Waals surface area contributed by atoms with E-state index in [0.29, 0.717) is 13.1 Å². The summed E-state index contributed by atoms with van der Waals surface area (Å²) < 4.78 is 0. The third-order valence-electron chi connectivity index (χ3n) is 2.15. The van der Waals surface area contributed by atoms with Gasteiger partial charge in [0.2, 0.25) is 5.91 Å². The van der Waals surface area contributed by atoms with Crippen LogP contribution in [0, 0.1) is 0 Å². The standard InChI is InChI=1S/C12H18N2OS/c1-3-14-12(15)9-13-8-10-4-6-11(16-2)7-5-10/h4-7,13H,3,8-9H2,1-2H3,(H,14,15). The minimum absolute atomic E-state index is 0.0447. The largest absolute Gasteiger partial charge is 0.355 e. The minimum Gasteiger partial charge on any atom is -0.355 e. The van der Waals surface area contributed by atoms with Crippen molar-refractivity contribution in [3.05, 3.63) is 29.8 Å². The SMILES string of the molecule is CCNC(=O)CNCc1ccc(SC)cc1. The van der Waals surface area contributed by atoms with E-state index >= 15 is 0 Å². The maximum Gasteiger partial charge on any atom is 0.233 e. The number of benzene rings is 1. The third-order valence-corrected chi connectivity index (χ3v) is 2.89. The molecule has 0 heterocycles. The summed E-state index contributed by atoms with van der Waals surface area (Å²) in [5.41, 5.74) is 1.20. The summed E-state index contributed by atoms with van der Waals surface area (Å²) in [6, 6.07) is 8.34. The van der Waals surface area contributed by atoms with Crippen molar-refractivity contribution in [1.82, 2.24) is 10.6 Å². The fourth-order valence-electron chi connectivity index (χ4n) is 1.32. The first-order valence-corrected chi connectivity index (χ1v) is 6.59. The maximum absolute atomic E-state index is 11.2. The molecule has 0 aliphatic heterocycles. The Labute approximate surface area is 101 Å². The zero-order valence-corrected chi connectivity index (χ0v) is 10.6. The van der Waals surface area contributed by atoms with Gasteiger partial charge < -0.3 is 10.6 Å². The highest BCUT2D eigenvalue weighted by atomic mass is 32.2. The van der Waals surface area contributed by atoms with Crippen LogP contribution in [-0.4, -0.2) is 25.3 Å². The molecule has 1 aromatic carbocycles. The van der Waals surface area contributed by atoms with Crippen LogP contribution in [-0.2, 0) is 11.3 Å². The van der Waals surface area contributed by atoms with E-state index in [1.54, 1.807) is 11.8 Å². The zero-order chi connectivity index (χ0) is 11.8. The van der Waals surface area contributed by atoms with Crippen molar-refractivity contribution < 1.29 is 4.79 Å². The summed E-state index contributed by atoms with van der Waals surface area (Å²) >= 11 is 1.73. The van der Waals surface area contributed by atoms with E-state index in [4.69, 9.17) is 0 Å². The van der Waals surface area contributed by atoms with Crippen molar-refractivity contribution in [3.63, 3.8) is 0 Å². The molecule has 0 aliphatic rings. The molecule has 0 aliphatic carbocycles. The smallest absolute Gasteiger partial charge is 0.233 e. The van der Waals surface area contributed by atoms with Crippen LogP contribution in [0.4, 0.5) is 0 Å². The van der Waals surface area contributed by atoms with Gasteiger partial charge in [0.05, 0.1) is 6.54 Å². The monoisotopic (exact) mass is 238 g/mol. The summed E-state index contributed by atoms with van der Waals surface area (Å²) in [5.74, 6) is 0.0447. The quantitative estimate of drug-likeness (QED) is 0.740. The van der Waals surface area contributed by atoms with Crippen LogP contribution in [0.5, 0.6) is 0 Å². The fourth-order valence-corrected chi connectivity index (χ4v) is 1.73. The van der Waals surface area contributed by atoms with Crippen molar-refractivity contribution in [2.45, 2.75) is 18.4 Å². The van der Waals surface area contributed by atoms with Crippen LogP contribution in [0.1, 0.15) is 12.5 Å². The molecule has 0 spiro atoms. The highest BCUT2D eigenvalue weighted by Crippen LogP contribution is 2.14. The van der Waals surface area contributed by atoms with Crippen LogP contribution >= 0.6 is 11.8 Å². The van der Waals surface area contributed by atoms with E-state index in [-0.39, 0.29) is 5.91 Å². The number of amides is 1. The second-order valence-corrected chi connectivity index (χ2v) is 4.28. The molecule has 0 bridgehead atoms. The molecule has 4 heteroatoms. The average molecular weight is 238 g/mol. The molecule has 0 saturated heterocycles. The number of carbonyl (C=O) groups is 1. The first kappa shape index (κ1) is 13.1. The van der Waals surface area contributed by atoms with Gasteiger partial charge in [-0.15, -0.1) is 11.8 Å². The molecular formula is C12H18N2OS. The first-order valence-electron chi connectivity index (χ1n) is 5.36. The number of thioether (sulfide) groups is 1. The van der Waals surface area contributed by atoms with Gasteiger partial charge in [-0.25, -0.2) is 0 Å². The van der Waals surface area contributed by atoms with Gasteiger partial charge in [0.25, 0.3) is 0 Å². The van der Waals surface area contributed by atoms with Crippen molar-refractivity contribution in [1.29, 1.82) is 0 Å². The first-order chi connectivity index (χ1) is 7.76. The molecule has 0 saturated carbocycles. The van der Waals surface area contributed by atoms with Gasteiger partial charge in [0.1, 0.15) is 0 Å². The highest BCUT2D eigenvalue weighted by molar-refractivity contribution is 7.98. The molecule has 0 aromatic heterocycles. The van der Waals surface area contributed by atoms with Gasteiger partial charge in [-0.2, -0.15) is 0 Å². The number of hydrogen-bond acceptors (Lipinski definition) is 3. The Kier molecular flexibility index (Phi) is 5.96. The van der Waals surface area contributed by atoms with Gasteiger partial charge in [-0.1, -0.05) is 12.1 Å². The van der Waals surface area contributed by atoms with Crippen LogP contribution in [0.2, 0.25) is 0 Å². The van der Waals surface area contributed by atoms with Gasteiger partial charge in [-0.3, -0.25) is 4.79 Å². The molecule has 0 fully saturated rings. The Hall–Kier alpha value is -1.00. The van der Waals surface area contributed by atoms with Gasteiger partial charge in [-0.05, 0) is 30.9 Å². The maximum atomic E-state index is 11.2. The molecule has 0 radical (unpaired) electrons. The van der Waals surface area contributed by atoms with Crippen molar-refractivity contribution in [2.75, 3.05) is 19.3 Å². The topological polar surface area (TPSA) is 41.1 Å². The third kappa shape index (κ3) is 4.68. The number of hydrogen-bond donors (Lipinski definition) is 2. The number of rotatable bonds is 6. The average Bonchev–Trinajstić information content (AvgIpc) is 2.30. The molecule has 88 valence electrons. The van der Waals surface area contributed by atoms with E-state index in [1.165, 1.54) is 10.5 Å². The minimum atomic E-state index is 0.0447. The van der Waals surface area contributed by atoms with E-state index in [1.807, 2.05) is 6.92 Å². The predicted octanol–water partition coefficient (Wildman–Crippen LogP) is 1.63. The Morgan fingerprint density at radius 1 is 1.31 bits per heavy atom. The second kappa shape index (κ2) is 7.30. The molecule has 1 aromatic rings. The lowest BCUT2D eigenvalue weighted by atomic mass is 10.2.